The minimum atomic E-state index is 0.138. The highest BCUT2D eigenvalue weighted by atomic mass is 16.5. The van der Waals surface area contributed by atoms with Crippen molar-refractivity contribution < 1.29 is 18.9 Å². The van der Waals surface area contributed by atoms with Crippen molar-refractivity contribution in [1.29, 1.82) is 0 Å². The second-order valence-corrected chi connectivity index (χ2v) is 7.02. The largest absolute Gasteiger partial charge is 0.497 e. The van der Waals surface area contributed by atoms with Gasteiger partial charge in [0.1, 0.15) is 17.6 Å². The lowest BCUT2D eigenvalue weighted by Crippen LogP contribution is -2.53. The average Bonchev–Trinajstić information content (AvgIpc) is 3.28. The van der Waals surface area contributed by atoms with E-state index in [1.807, 2.05) is 24.3 Å². The summed E-state index contributed by atoms with van der Waals surface area (Å²) >= 11 is 0. The number of benzene rings is 1. The minimum absolute atomic E-state index is 0.138. The van der Waals surface area contributed by atoms with Gasteiger partial charge in [-0.3, -0.25) is 4.99 Å². The Morgan fingerprint density at radius 2 is 1.96 bits per heavy atom. The molecule has 0 amide bonds. The van der Waals surface area contributed by atoms with Crippen LogP contribution in [0.25, 0.3) is 0 Å². The monoisotopic (exact) mass is 391 g/mol. The summed E-state index contributed by atoms with van der Waals surface area (Å²) in [6.07, 6.45) is 3.45. The van der Waals surface area contributed by atoms with Crippen molar-refractivity contribution in [2.75, 3.05) is 53.1 Å². The lowest BCUT2D eigenvalue weighted by molar-refractivity contribution is -0.0817. The van der Waals surface area contributed by atoms with Crippen molar-refractivity contribution in [3.8, 4) is 11.5 Å². The molecule has 7 heteroatoms. The third-order valence-corrected chi connectivity index (χ3v) is 5.00. The molecular weight excluding hydrogens is 358 g/mol. The van der Waals surface area contributed by atoms with Crippen LogP contribution in [-0.4, -0.2) is 76.2 Å². The molecule has 3 rings (SSSR count). The maximum Gasteiger partial charge on any atom is 0.194 e. The summed E-state index contributed by atoms with van der Waals surface area (Å²) in [5, 5.41) is 3.41. The second-order valence-electron chi connectivity index (χ2n) is 7.02. The van der Waals surface area contributed by atoms with Gasteiger partial charge < -0.3 is 29.2 Å². The van der Waals surface area contributed by atoms with E-state index in [-0.39, 0.29) is 12.2 Å². The molecule has 2 fully saturated rings. The summed E-state index contributed by atoms with van der Waals surface area (Å²) in [7, 11) is 1.66. The molecule has 1 aromatic carbocycles. The molecule has 2 unspecified atom stereocenters. The van der Waals surface area contributed by atoms with Gasteiger partial charge >= 0.3 is 0 Å². The van der Waals surface area contributed by atoms with Crippen molar-refractivity contribution in [2.45, 2.75) is 38.4 Å². The molecule has 28 heavy (non-hydrogen) atoms. The van der Waals surface area contributed by atoms with Gasteiger partial charge in [-0.05, 0) is 44.0 Å². The molecule has 0 aromatic heterocycles. The maximum absolute atomic E-state index is 5.95. The maximum atomic E-state index is 5.95. The number of nitrogens with one attached hydrogen (secondary N) is 1. The minimum Gasteiger partial charge on any atom is -0.497 e. The van der Waals surface area contributed by atoms with Crippen LogP contribution in [0.5, 0.6) is 11.5 Å². The van der Waals surface area contributed by atoms with Gasteiger partial charge in [0, 0.05) is 39.2 Å². The van der Waals surface area contributed by atoms with Crippen LogP contribution < -0.4 is 14.8 Å². The molecule has 2 heterocycles. The first-order chi connectivity index (χ1) is 13.8. The molecule has 0 saturated carbocycles. The van der Waals surface area contributed by atoms with E-state index < -0.39 is 0 Å². The summed E-state index contributed by atoms with van der Waals surface area (Å²) in [4.78, 5) is 7.09. The van der Waals surface area contributed by atoms with Crippen LogP contribution in [0.4, 0.5) is 0 Å². The van der Waals surface area contributed by atoms with Gasteiger partial charge in [0.2, 0.25) is 0 Å². The second kappa shape index (κ2) is 11.1. The number of ether oxygens (including phenoxy) is 4. The van der Waals surface area contributed by atoms with Gasteiger partial charge in [0.05, 0.1) is 26.4 Å². The van der Waals surface area contributed by atoms with E-state index in [2.05, 4.69) is 17.1 Å². The Kier molecular flexibility index (Phi) is 8.23. The summed E-state index contributed by atoms with van der Waals surface area (Å²) in [5.41, 5.74) is 0. The average molecular weight is 392 g/mol. The fourth-order valence-corrected chi connectivity index (χ4v) is 3.53. The Balaban J connectivity index is 1.45. The number of nitrogens with zero attached hydrogens (tertiary/aromatic N) is 2. The van der Waals surface area contributed by atoms with Crippen LogP contribution in [-0.2, 0) is 9.47 Å². The topological polar surface area (TPSA) is 64.6 Å². The molecular formula is C21H33N3O4. The van der Waals surface area contributed by atoms with Crippen LogP contribution in [0.1, 0.15) is 26.2 Å². The highest BCUT2D eigenvalue weighted by Crippen LogP contribution is 2.21. The number of aliphatic imine (C=N–C) groups is 1. The smallest absolute Gasteiger partial charge is 0.194 e. The third-order valence-electron chi connectivity index (χ3n) is 5.00. The number of hydrogen-bond donors (Lipinski definition) is 1. The molecule has 156 valence electrons. The van der Waals surface area contributed by atoms with Crippen LogP contribution in [0, 0.1) is 0 Å². The fraction of sp³-hybridized carbons (Fsp3) is 0.667. The molecule has 0 radical (unpaired) electrons. The Hall–Kier alpha value is -1.99. The van der Waals surface area contributed by atoms with E-state index in [0.717, 1.165) is 76.1 Å². The summed E-state index contributed by atoms with van der Waals surface area (Å²) < 4.78 is 22.7. The quantitative estimate of drug-likeness (QED) is 0.417. The standard InChI is InChI=1S/C21H33N3O4/c1-3-22-21(24-12-15-28-20(16-24)19-6-4-13-27-19)23-11-5-14-26-18-9-7-17(25-2)8-10-18/h7-10,19-20H,3-6,11-16H2,1-2H3,(H,22,23). The van der Waals surface area contributed by atoms with Crippen molar-refractivity contribution in [1.82, 2.24) is 10.2 Å². The van der Waals surface area contributed by atoms with E-state index in [1.54, 1.807) is 7.11 Å². The first kappa shape index (κ1) is 20.7. The number of rotatable bonds is 8. The van der Waals surface area contributed by atoms with Crippen molar-refractivity contribution in [2.24, 2.45) is 4.99 Å². The predicted molar refractivity (Wildman–Crippen MR) is 109 cm³/mol. The first-order valence-corrected chi connectivity index (χ1v) is 10.3. The Morgan fingerprint density at radius 1 is 1.18 bits per heavy atom. The predicted octanol–water partition coefficient (Wildman–Crippen LogP) is 2.31. The molecule has 1 N–H and O–H groups in total. The molecule has 0 spiro atoms. The van der Waals surface area contributed by atoms with Crippen LogP contribution in [0.2, 0.25) is 0 Å². The van der Waals surface area contributed by atoms with E-state index in [0.29, 0.717) is 6.61 Å². The Morgan fingerprint density at radius 3 is 2.68 bits per heavy atom. The zero-order valence-corrected chi connectivity index (χ0v) is 17.1. The lowest BCUT2D eigenvalue weighted by atomic mass is 10.1. The number of morpholine rings is 1. The molecule has 2 aliphatic heterocycles. The SMILES string of the molecule is CCNC(=NCCCOc1ccc(OC)cc1)N1CCOC(C2CCCO2)C1. The zero-order valence-electron chi connectivity index (χ0n) is 17.1. The zero-order chi connectivity index (χ0) is 19.6. The summed E-state index contributed by atoms with van der Waals surface area (Å²) in [5.74, 6) is 2.64. The number of hydrogen-bond acceptors (Lipinski definition) is 5. The normalized spacial score (nSPS) is 22.9. The molecule has 0 bridgehead atoms. The van der Waals surface area contributed by atoms with E-state index >= 15 is 0 Å². The van der Waals surface area contributed by atoms with Gasteiger partial charge in [-0.25, -0.2) is 0 Å². The molecule has 7 nitrogen and oxygen atoms in total. The van der Waals surface area contributed by atoms with E-state index in [4.69, 9.17) is 23.9 Å². The number of methoxy groups -OCH3 is 1. The van der Waals surface area contributed by atoms with Gasteiger partial charge in [0.15, 0.2) is 5.96 Å². The molecule has 2 aliphatic rings. The van der Waals surface area contributed by atoms with Gasteiger partial charge in [-0.15, -0.1) is 0 Å². The van der Waals surface area contributed by atoms with E-state index in [1.165, 1.54) is 0 Å². The summed E-state index contributed by atoms with van der Waals surface area (Å²) in [6.45, 7) is 7.57. The molecule has 2 saturated heterocycles. The number of guanidine groups is 1. The van der Waals surface area contributed by atoms with Crippen LogP contribution >= 0.6 is 0 Å². The van der Waals surface area contributed by atoms with Gasteiger partial charge in [-0.1, -0.05) is 0 Å². The van der Waals surface area contributed by atoms with Crippen molar-refractivity contribution in [3.63, 3.8) is 0 Å². The molecule has 2 atom stereocenters. The lowest BCUT2D eigenvalue weighted by Gasteiger charge is -2.37. The van der Waals surface area contributed by atoms with Crippen LogP contribution in [0.15, 0.2) is 29.3 Å². The fourth-order valence-electron chi connectivity index (χ4n) is 3.53. The van der Waals surface area contributed by atoms with Gasteiger partial charge in [0.25, 0.3) is 0 Å². The van der Waals surface area contributed by atoms with Crippen LogP contribution in [0.3, 0.4) is 0 Å². The molecule has 0 aliphatic carbocycles. The third kappa shape index (κ3) is 6.01. The summed E-state index contributed by atoms with van der Waals surface area (Å²) in [6, 6.07) is 7.65. The van der Waals surface area contributed by atoms with Gasteiger partial charge in [-0.2, -0.15) is 0 Å². The van der Waals surface area contributed by atoms with Crippen molar-refractivity contribution in [3.05, 3.63) is 24.3 Å². The van der Waals surface area contributed by atoms with Crippen molar-refractivity contribution >= 4 is 5.96 Å². The first-order valence-electron chi connectivity index (χ1n) is 10.3. The highest BCUT2D eigenvalue weighted by Gasteiger charge is 2.32. The molecule has 1 aromatic rings. The highest BCUT2D eigenvalue weighted by molar-refractivity contribution is 5.80. The Bertz CT molecular complexity index is 602. The Labute approximate surface area is 168 Å². The van der Waals surface area contributed by atoms with E-state index in [9.17, 15) is 0 Å².